The lowest BCUT2D eigenvalue weighted by Gasteiger charge is -1.88. The smallest absolute Gasteiger partial charge is 0.229 e. The molecule has 0 fully saturated rings. The maximum atomic E-state index is 3.96. The Balaban J connectivity index is 2.48. The fourth-order valence-electron chi connectivity index (χ4n) is 0.703. The molecule has 0 saturated heterocycles. The first kappa shape index (κ1) is 5.16. The van der Waals surface area contributed by atoms with Gasteiger partial charge in [-0.05, 0) is 0 Å². The van der Waals surface area contributed by atoms with Gasteiger partial charge in [-0.3, -0.25) is 0 Å². The Morgan fingerprint density at radius 2 is 2.40 bits per heavy atom. The van der Waals surface area contributed by atoms with Gasteiger partial charge in [0.05, 0.1) is 12.4 Å². The summed E-state index contributed by atoms with van der Waals surface area (Å²) in [5.41, 5.74) is 0. The van der Waals surface area contributed by atoms with E-state index in [0.29, 0.717) is 5.95 Å². The molecular weight excluding hydrogens is 130 g/mol. The monoisotopic (exact) mass is 135 g/mol. The van der Waals surface area contributed by atoms with E-state index in [4.69, 9.17) is 0 Å². The highest BCUT2D eigenvalue weighted by molar-refractivity contribution is 5.05. The van der Waals surface area contributed by atoms with Gasteiger partial charge in [-0.1, -0.05) is 5.21 Å². The minimum absolute atomic E-state index is 0.678. The van der Waals surface area contributed by atoms with Crippen LogP contribution in [0.3, 0.4) is 0 Å². The molecular formula is C5H5N5. The third-order valence-corrected chi connectivity index (χ3v) is 1.12. The number of imidazole rings is 1. The summed E-state index contributed by atoms with van der Waals surface area (Å²) < 4.78 is 1.56. The minimum atomic E-state index is 0.678. The van der Waals surface area contributed by atoms with Gasteiger partial charge in [0.15, 0.2) is 0 Å². The standard InChI is InChI=1S/C5H5N5/c1-2-7-5(6-1)10-4-3-8-9-10/h1-4H,(H,6,7). The molecule has 5 nitrogen and oxygen atoms in total. The summed E-state index contributed by atoms with van der Waals surface area (Å²) in [5.74, 6) is 0.678. The van der Waals surface area contributed by atoms with Gasteiger partial charge in [0.1, 0.15) is 0 Å². The van der Waals surface area contributed by atoms with Crippen LogP contribution in [0.25, 0.3) is 5.95 Å². The molecule has 0 saturated carbocycles. The van der Waals surface area contributed by atoms with E-state index >= 15 is 0 Å². The molecule has 5 heteroatoms. The molecule has 50 valence electrons. The summed E-state index contributed by atoms with van der Waals surface area (Å²) in [6.45, 7) is 0. The van der Waals surface area contributed by atoms with E-state index < -0.39 is 0 Å². The summed E-state index contributed by atoms with van der Waals surface area (Å²) in [6.07, 6.45) is 6.72. The molecule has 0 aliphatic rings. The fourth-order valence-corrected chi connectivity index (χ4v) is 0.703. The summed E-state index contributed by atoms with van der Waals surface area (Å²) in [4.78, 5) is 6.85. The van der Waals surface area contributed by atoms with Crippen LogP contribution in [-0.4, -0.2) is 25.0 Å². The number of aromatic amines is 1. The molecule has 0 amide bonds. The zero-order chi connectivity index (χ0) is 6.81. The number of nitrogens with zero attached hydrogens (tertiary/aromatic N) is 4. The summed E-state index contributed by atoms with van der Waals surface area (Å²) in [6, 6.07) is 0. The second-order valence-corrected chi connectivity index (χ2v) is 1.76. The van der Waals surface area contributed by atoms with Gasteiger partial charge < -0.3 is 4.98 Å². The first-order valence-corrected chi connectivity index (χ1v) is 2.83. The Kier molecular flexibility index (Phi) is 1.00. The van der Waals surface area contributed by atoms with Crippen molar-refractivity contribution < 1.29 is 0 Å². The average Bonchev–Trinajstić information content (AvgIpc) is 2.59. The predicted molar refractivity (Wildman–Crippen MR) is 33.5 cm³/mol. The van der Waals surface area contributed by atoms with E-state index in [1.807, 2.05) is 0 Å². The molecule has 0 spiro atoms. The molecule has 0 atom stereocenters. The molecule has 10 heavy (non-hydrogen) atoms. The van der Waals surface area contributed by atoms with Crippen LogP contribution in [0.4, 0.5) is 0 Å². The van der Waals surface area contributed by atoms with Crippen LogP contribution in [0.5, 0.6) is 0 Å². The quantitative estimate of drug-likeness (QED) is 0.598. The van der Waals surface area contributed by atoms with Crippen molar-refractivity contribution >= 4 is 0 Å². The lowest BCUT2D eigenvalue weighted by molar-refractivity contribution is 0.766. The number of nitrogens with one attached hydrogen (secondary N) is 1. The molecule has 0 bridgehead atoms. The van der Waals surface area contributed by atoms with Crippen LogP contribution in [0, 0.1) is 0 Å². The molecule has 0 aromatic carbocycles. The van der Waals surface area contributed by atoms with Crippen molar-refractivity contribution in [3.8, 4) is 5.95 Å². The van der Waals surface area contributed by atoms with E-state index in [0.717, 1.165) is 0 Å². The lowest BCUT2D eigenvalue weighted by Crippen LogP contribution is -1.96. The molecule has 0 unspecified atom stereocenters. The van der Waals surface area contributed by atoms with Gasteiger partial charge >= 0.3 is 0 Å². The summed E-state index contributed by atoms with van der Waals surface area (Å²) in [7, 11) is 0. The maximum absolute atomic E-state index is 3.96. The second-order valence-electron chi connectivity index (χ2n) is 1.76. The van der Waals surface area contributed by atoms with Crippen LogP contribution >= 0.6 is 0 Å². The van der Waals surface area contributed by atoms with Gasteiger partial charge in [0, 0.05) is 12.4 Å². The van der Waals surface area contributed by atoms with Gasteiger partial charge in [-0.25, -0.2) is 4.98 Å². The number of hydrogen-bond acceptors (Lipinski definition) is 3. The average molecular weight is 135 g/mol. The molecule has 1 N–H and O–H groups in total. The normalized spacial score (nSPS) is 10.0. The van der Waals surface area contributed by atoms with Crippen LogP contribution in [0.2, 0.25) is 0 Å². The minimum Gasteiger partial charge on any atom is -0.329 e. The number of H-pyrrole nitrogens is 1. The van der Waals surface area contributed by atoms with Crippen molar-refractivity contribution in [2.24, 2.45) is 0 Å². The first-order valence-electron chi connectivity index (χ1n) is 2.83. The molecule has 2 rings (SSSR count). The van der Waals surface area contributed by atoms with Crippen LogP contribution in [0.1, 0.15) is 0 Å². The van der Waals surface area contributed by atoms with Crippen LogP contribution in [0.15, 0.2) is 24.8 Å². The molecule has 0 aliphatic carbocycles. The van der Waals surface area contributed by atoms with Crippen molar-refractivity contribution in [1.29, 1.82) is 0 Å². The van der Waals surface area contributed by atoms with Crippen LogP contribution in [-0.2, 0) is 0 Å². The molecule has 0 aliphatic heterocycles. The van der Waals surface area contributed by atoms with Crippen molar-refractivity contribution in [2.75, 3.05) is 0 Å². The number of rotatable bonds is 1. The molecule has 2 aromatic heterocycles. The predicted octanol–water partition coefficient (Wildman–Crippen LogP) is -0.00960. The third kappa shape index (κ3) is 0.680. The zero-order valence-electron chi connectivity index (χ0n) is 5.10. The topological polar surface area (TPSA) is 59.4 Å². The fraction of sp³-hybridized carbons (Fsp3) is 0. The highest BCUT2D eigenvalue weighted by Crippen LogP contribution is 1.93. The highest BCUT2D eigenvalue weighted by atomic mass is 15.5. The summed E-state index contributed by atoms with van der Waals surface area (Å²) in [5, 5.41) is 7.36. The van der Waals surface area contributed by atoms with Gasteiger partial charge in [0.25, 0.3) is 0 Å². The Hall–Kier alpha value is -1.65. The van der Waals surface area contributed by atoms with Crippen molar-refractivity contribution in [1.82, 2.24) is 25.0 Å². The number of hydrogen-bond donors (Lipinski definition) is 1. The molecule has 0 radical (unpaired) electrons. The zero-order valence-corrected chi connectivity index (χ0v) is 5.10. The first-order chi connectivity index (χ1) is 4.97. The van der Waals surface area contributed by atoms with E-state index in [9.17, 15) is 0 Å². The lowest BCUT2D eigenvalue weighted by atomic mass is 10.9. The van der Waals surface area contributed by atoms with E-state index in [2.05, 4.69) is 20.3 Å². The summed E-state index contributed by atoms with van der Waals surface area (Å²) >= 11 is 0. The van der Waals surface area contributed by atoms with E-state index in [-0.39, 0.29) is 0 Å². The Bertz CT molecular complexity index is 249. The van der Waals surface area contributed by atoms with Gasteiger partial charge in [-0.15, -0.1) is 5.10 Å². The van der Waals surface area contributed by atoms with Gasteiger partial charge in [-0.2, -0.15) is 4.68 Å². The Labute approximate surface area is 56.7 Å². The number of aromatic nitrogens is 5. The van der Waals surface area contributed by atoms with Crippen molar-refractivity contribution in [2.45, 2.75) is 0 Å². The van der Waals surface area contributed by atoms with E-state index in [1.165, 1.54) is 0 Å². The van der Waals surface area contributed by atoms with Crippen molar-refractivity contribution in [3.63, 3.8) is 0 Å². The SMILES string of the molecule is c1cn(-c2ncc[nH]2)nn1. The van der Waals surface area contributed by atoms with Gasteiger partial charge in [0.2, 0.25) is 5.95 Å². The third-order valence-electron chi connectivity index (χ3n) is 1.12. The van der Waals surface area contributed by atoms with Crippen LogP contribution < -0.4 is 0 Å². The van der Waals surface area contributed by atoms with E-state index in [1.54, 1.807) is 29.5 Å². The van der Waals surface area contributed by atoms with Crippen molar-refractivity contribution in [3.05, 3.63) is 24.8 Å². The second kappa shape index (κ2) is 1.94. The largest absolute Gasteiger partial charge is 0.329 e. The Morgan fingerprint density at radius 1 is 1.40 bits per heavy atom. The molecule has 2 heterocycles. The Morgan fingerprint density at radius 3 is 3.00 bits per heavy atom. The highest BCUT2D eigenvalue weighted by Gasteiger charge is 1.94. The maximum Gasteiger partial charge on any atom is 0.229 e. The molecule has 2 aromatic rings.